The summed E-state index contributed by atoms with van der Waals surface area (Å²) in [5.41, 5.74) is 13.5. The zero-order valence-electron chi connectivity index (χ0n) is 28.2. The van der Waals surface area contributed by atoms with E-state index in [-0.39, 0.29) is 30.8 Å². The van der Waals surface area contributed by atoms with Gasteiger partial charge in [0.1, 0.15) is 0 Å². The molecule has 0 fully saturated rings. The summed E-state index contributed by atoms with van der Waals surface area (Å²) in [6.45, 7) is 13.6. The highest BCUT2D eigenvalue weighted by molar-refractivity contribution is 6.22. The standard InChI is InChI=1S/C38H48N4O4/c1-7-9-10-11-14-46-23(6)27-15-24-16-29-21(4)26(12-13-35(44)45)37(41-29)28-17-34(43)36-22(5)31(42-38(28)36)19-32-25(8-2)20(3)30(40-32)18-33(27)39-24/h15,19,23,30,39,41-42H,7-14,16-18H2,1-6H3,(H,44,45)/b31-19-. The lowest BCUT2D eigenvalue weighted by atomic mass is 9.96. The molecule has 4 N–H and O–H groups in total. The highest BCUT2D eigenvalue weighted by Crippen LogP contribution is 2.34. The quantitative estimate of drug-likeness (QED) is 0.189. The van der Waals surface area contributed by atoms with Crippen molar-refractivity contribution >= 4 is 29.1 Å². The van der Waals surface area contributed by atoms with Crippen molar-refractivity contribution in [3.8, 4) is 0 Å². The Balaban J connectivity index is 1.51. The lowest BCUT2D eigenvalue weighted by Gasteiger charge is -2.16. The molecule has 8 bridgehead atoms. The number of aliphatic carboxylic acids is 1. The smallest absolute Gasteiger partial charge is 0.303 e. The first kappa shape index (κ1) is 32.0. The fourth-order valence-electron chi connectivity index (χ4n) is 7.68. The van der Waals surface area contributed by atoms with Crippen LogP contribution in [-0.2, 0) is 28.8 Å². The summed E-state index contributed by atoms with van der Waals surface area (Å²) in [7, 11) is 0. The van der Waals surface area contributed by atoms with Crippen LogP contribution in [0.25, 0.3) is 11.6 Å². The van der Waals surface area contributed by atoms with E-state index in [1.165, 1.54) is 36.0 Å². The van der Waals surface area contributed by atoms with Crippen LogP contribution in [0.4, 0.5) is 0 Å². The number of carbonyl (C=O) groups is 2. The van der Waals surface area contributed by atoms with Gasteiger partial charge in [0, 0.05) is 77.1 Å². The van der Waals surface area contributed by atoms with Gasteiger partial charge in [0.2, 0.25) is 0 Å². The molecule has 2 aliphatic heterocycles. The van der Waals surface area contributed by atoms with Gasteiger partial charge in [-0.05, 0) is 86.9 Å². The number of carbonyl (C=O) groups excluding carboxylic acids is 1. The summed E-state index contributed by atoms with van der Waals surface area (Å²) in [5, 5.41) is 11.3. The van der Waals surface area contributed by atoms with E-state index in [0.717, 1.165) is 92.9 Å². The van der Waals surface area contributed by atoms with Crippen LogP contribution in [0, 0.1) is 13.8 Å². The predicted molar refractivity (Wildman–Crippen MR) is 182 cm³/mol. The van der Waals surface area contributed by atoms with E-state index in [9.17, 15) is 14.7 Å². The van der Waals surface area contributed by atoms with Crippen molar-refractivity contribution in [2.45, 2.75) is 118 Å². The van der Waals surface area contributed by atoms with Crippen LogP contribution in [0.2, 0.25) is 0 Å². The molecule has 0 spiro atoms. The van der Waals surface area contributed by atoms with Crippen molar-refractivity contribution in [3.05, 3.63) is 78.5 Å². The number of hydrogen-bond acceptors (Lipinski definition) is 4. The van der Waals surface area contributed by atoms with Crippen molar-refractivity contribution in [3.63, 3.8) is 0 Å². The highest BCUT2D eigenvalue weighted by Gasteiger charge is 2.31. The second-order valence-electron chi connectivity index (χ2n) is 13.3. The molecule has 2 unspecified atom stereocenters. The molecule has 0 saturated carbocycles. The predicted octanol–water partition coefficient (Wildman–Crippen LogP) is 6.23. The highest BCUT2D eigenvalue weighted by atomic mass is 16.5. The second-order valence-corrected chi connectivity index (χ2v) is 13.3. The molecular weight excluding hydrogens is 576 g/mol. The summed E-state index contributed by atoms with van der Waals surface area (Å²) in [6.07, 6.45) is 9.70. The van der Waals surface area contributed by atoms with Crippen molar-refractivity contribution in [2.24, 2.45) is 4.99 Å². The minimum absolute atomic E-state index is 0.0171. The number of ether oxygens (including phenoxy) is 1. The molecule has 0 radical (unpaired) electrons. The maximum absolute atomic E-state index is 13.5. The van der Waals surface area contributed by atoms with Crippen molar-refractivity contribution in [1.82, 2.24) is 15.0 Å². The maximum atomic E-state index is 13.5. The number of rotatable bonds is 11. The number of nitrogens with zero attached hydrogens (tertiary/aromatic N) is 1. The van der Waals surface area contributed by atoms with Crippen LogP contribution in [0.15, 0.2) is 22.2 Å². The molecule has 3 aromatic heterocycles. The topological polar surface area (TPSA) is 123 Å². The molecule has 5 heterocycles. The number of ketones is 1. The Morgan fingerprint density at radius 1 is 1.07 bits per heavy atom. The van der Waals surface area contributed by atoms with Gasteiger partial charge in [-0.15, -0.1) is 0 Å². The molecule has 8 nitrogen and oxygen atoms in total. The zero-order valence-corrected chi connectivity index (χ0v) is 28.2. The number of nitrogens with one attached hydrogen (secondary N) is 3. The van der Waals surface area contributed by atoms with Gasteiger partial charge in [-0.2, -0.15) is 0 Å². The number of allylic oxidation sites excluding steroid dienone is 1. The molecule has 3 aliphatic rings. The van der Waals surface area contributed by atoms with E-state index in [1.54, 1.807) is 0 Å². The van der Waals surface area contributed by atoms with Crippen molar-refractivity contribution in [1.29, 1.82) is 0 Å². The number of aromatic amines is 3. The number of fused-ring (bicyclic) bond motifs is 7. The van der Waals surface area contributed by atoms with E-state index in [0.29, 0.717) is 12.8 Å². The molecule has 0 amide bonds. The van der Waals surface area contributed by atoms with Gasteiger partial charge in [-0.1, -0.05) is 33.1 Å². The first-order valence-electron chi connectivity index (χ1n) is 17.1. The average molecular weight is 625 g/mol. The largest absolute Gasteiger partial charge is 0.481 e. The molecule has 8 heteroatoms. The minimum atomic E-state index is -0.833. The average Bonchev–Trinajstić information content (AvgIpc) is 3.79. The van der Waals surface area contributed by atoms with Crippen molar-refractivity contribution < 1.29 is 19.4 Å². The summed E-state index contributed by atoms with van der Waals surface area (Å²) in [5.74, 6) is -0.742. The fourth-order valence-corrected chi connectivity index (χ4v) is 7.68. The number of Topliss-reactive ketones (excluding diaryl/α,β-unsaturated/α-hetero) is 1. The Kier molecular flexibility index (Phi) is 9.10. The number of aromatic nitrogens is 3. The van der Waals surface area contributed by atoms with Gasteiger partial charge >= 0.3 is 5.97 Å². The molecule has 46 heavy (non-hydrogen) atoms. The van der Waals surface area contributed by atoms with Crippen LogP contribution in [0.3, 0.4) is 0 Å². The van der Waals surface area contributed by atoms with Gasteiger partial charge in [-0.3, -0.25) is 14.6 Å². The number of carboxylic acids is 1. The van der Waals surface area contributed by atoms with E-state index < -0.39 is 5.97 Å². The minimum Gasteiger partial charge on any atom is -0.481 e. The Labute approximate surface area is 271 Å². The van der Waals surface area contributed by atoms with Gasteiger partial charge in [0.15, 0.2) is 5.78 Å². The van der Waals surface area contributed by atoms with Gasteiger partial charge in [0.05, 0.1) is 23.2 Å². The van der Waals surface area contributed by atoms with Gasteiger partial charge < -0.3 is 24.8 Å². The van der Waals surface area contributed by atoms with Crippen LogP contribution in [0.5, 0.6) is 0 Å². The Hall–Kier alpha value is -3.91. The number of H-pyrrole nitrogens is 3. The third-order valence-corrected chi connectivity index (χ3v) is 10.4. The molecule has 0 aromatic carbocycles. The number of carboxylic acid groups (broad SMARTS) is 1. The Morgan fingerprint density at radius 3 is 2.61 bits per heavy atom. The molecule has 6 rings (SSSR count). The molecule has 3 aromatic rings. The molecule has 0 saturated heterocycles. The summed E-state index contributed by atoms with van der Waals surface area (Å²) in [6, 6.07) is 2.26. The van der Waals surface area contributed by atoms with Crippen LogP contribution in [-0.4, -0.2) is 50.2 Å². The van der Waals surface area contributed by atoms with E-state index in [1.807, 2.05) is 6.92 Å². The van der Waals surface area contributed by atoms with Crippen LogP contribution >= 0.6 is 0 Å². The van der Waals surface area contributed by atoms with E-state index >= 15 is 0 Å². The normalized spacial score (nSPS) is 18.7. The first-order valence-corrected chi connectivity index (χ1v) is 17.1. The lowest BCUT2D eigenvalue weighted by Crippen LogP contribution is -2.16. The molecular formula is C38H48N4O4. The molecule has 2 atom stereocenters. The third-order valence-electron chi connectivity index (χ3n) is 10.4. The van der Waals surface area contributed by atoms with Gasteiger partial charge in [-0.25, -0.2) is 0 Å². The van der Waals surface area contributed by atoms with Gasteiger partial charge in [0.25, 0.3) is 0 Å². The summed E-state index contributed by atoms with van der Waals surface area (Å²) < 4.78 is 6.40. The fraction of sp³-hybridized carbons (Fsp3) is 0.500. The molecule has 244 valence electrons. The van der Waals surface area contributed by atoms with Crippen LogP contribution < -0.4 is 10.7 Å². The van der Waals surface area contributed by atoms with Crippen LogP contribution in [0.1, 0.15) is 134 Å². The van der Waals surface area contributed by atoms with E-state index in [2.05, 4.69) is 61.7 Å². The number of hydrogen-bond donors (Lipinski definition) is 4. The Bertz CT molecular complexity index is 1880. The lowest BCUT2D eigenvalue weighted by molar-refractivity contribution is -0.136. The monoisotopic (exact) mass is 624 g/mol. The van der Waals surface area contributed by atoms with E-state index in [4.69, 9.17) is 9.73 Å². The van der Waals surface area contributed by atoms with Crippen molar-refractivity contribution in [2.75, 3.05) is 6.61 Å². The zero-order chi connectivity index (χ0) is 32.7. The number of unbranched alkanes of at least 4 members (excludes halogenated alkanes) is 3. The Morgan fingerprint density at radius 2 is 1.87 bits per heavy atom. The SMILES string of the molecule is CCCCCCOC(C)c1cc2[nH]c1CC1N=C(/C=c3\[nH]c4c(c3C)C(=O)CC=4c3[nH]c(c(C)c3CCC(=O)O)C2)C(CC)=C1C. The number of aliphatic imine (C=N–C) groups is 1. The molecule has 1 aliphatic carbocycles. The summed E-state index contributed by atoms with van der Waals surface area (Å²) >= 11 is 0. The second kappa shape index (κ2) is 13.1. The third kappa shape index (κ3) is 5.88. The summed E-state index contributed by atoms with van der Waals surface area (Å²) in [4.78, 5) is 41.5. The maximum Gasteiger partial charge on any atom is 0.303 e. The first-order chi connectivity index (χ1) is 22.1.